The molecule has 0 aromatic heterocycles. The molecule has 1 heterocycles. The first-order valence-electron chi connectivity index (χ1n) is 11.8. The van der Waals surface area contributed by atoms with Crippen LogP contribution in [-0.4, -0.2) is 56.0 Å². The largest absolute Gasteiger partial charge is 0.872 e. The van der Waals surface area contributed by atoms with Gasteiger partial charge in [0.1, 0.15) is 11.5 Å². The quantitative estimate of drug-likeness (QED) is 0.327. The Hall–Kier alpha value is -3.32. The van der Waals surface area contributed by atoms with Crippen molar-refractivity contribution >= 4 is 17.4 Å². The van der Waals surface area contributed by atoms with Crippen LogP contribution in [0.3, 0.4) is 0 Å². The van der Waals surface area contributed by atoms with E-state index in [4.69, 9.17) is 9.47 Å². The molecule has 3 rings (SSSR count). The third kappa shape index (κ3) is 5.42. The molecule has 1 fully saturated rings. The Labute approximate surface area is 201 Å². The first-order valence-corrected chi connectivity index (χ1v) is 11.8. The number of benzene rings is 2. The minimum atomic E-state index is -0.760. The minimum Gasteiger partial charge on any atom is -0.872 e. The molecule has 0 radical (unpaired) electrons. The van der Waals surface area contributed by atoms with Gasteiger partial charge in [0.25, 0.3) is 5.91 Å². The van der Waals surface area contributed by atoms with Crippen LogP contribution in [0, 0.1) is 0 Å². The number of ketones is 1. The van der Waals surface area contributed by atoms with Gasteiger partial charge in [-0.3, -0.25) is 9.59 Å². The monoisotopic (exact) mass is 466 g/mol. The number of methoxy groups -OCH3 is 1. The average Bonchev–Trinajstić information content (AvgIpc) is 3.09. The Morgan fingerprint density at radius 3 is 2.32 bits per heavy atom. The van der Waals surface area contributed by atoms with Gasteiger partial charge >= 0.3 is 0 Å². The zero-order chi connectivity index (χ0) is 24.8. The van der Waals surface area contributed by atoms with Gasteiger partial charge in [0.2, 0.25) is 5.78 Å². The summed E-state index contributed by atoms with van der Waals surface area (Å²) in [5.41, 5.74) is 0.998. The van der Waals surface area contributed by atoms with Gasteiger partial charge in [-0.2, -0.15) is 0 Å². The van der Waals surface area contributed by atoms with Gasteiger partial charge in [0.05, 0.1) is 45.4 Å². The maximum atomic E-state index is 13.6. The van der Waals surface area contributed by atoms with Crippen LogP contribution in [0.1, 0.15) is 44.9 Å². The number of carbonyl (C=O) groups is 2. The lowest BCUT2D eigenvalue weighted by molar-refractivity contribution is -0.895. The smallest absolute Gasteiger partial charge is 0.295 e. The van der Waals surface area contributed by atoms with Crippen molar-refractivity contribution in [2.45, 2.75) is 39.8 Å². The molecule has 0 bridgehead atoms. The van der Waals surface area contributed by atoms with E-state index in [1.807, 2.05) is 19.9 Å². The third-order valence-electron chi connectivity index (χ3n) is 6.13. The SMILES string of the molecule is CC[NH+](CC)CCN1C(=O)C(=O)C(=C([O-])c2ccc(OC(C)C)cc2)C1c1cccc(OC)c1. The molecular formula is C27H34N2O5. The van der Waals surface area contributed by atoms with Crippen molar-refractivity contribution < 1.29 is 29.1 Å². The number of nitrogens with zero attached hydrogens (tertiary/aromatic N) is 1. The summed E-state index contributed by atoms with van der Waals surface area (Å²) >= 11 is 0. The third-order valence-corrected chi connectivity index (χ3v) is 6.13. The van der Waals surface area contributed by atoms with Crippen LogP contribution in [0.5, 0.6) is 11.5 Å². The van der Waals surface area contributed by atoms with E-state index in [-0.39, 0.29) is 11.7 Å². The van der Waals surface area contributed by atoms with E-state index >= 15 is 0 Å². The van der Waals surface area contributed by atoms with Crippen LogP contribution < -0.4 is 19.5 Å². The number of hydrogen-bond donors (Lipinski definition) is 1. The lowest BCUT2D eigenvalue weighted by Crippen LogP contribution is -3.12. The molecule has 34 heavy (non-hydrogen) atoms. The van der Waals surface area contributed by atoms with E-state index in [9.17, 15) is 14.7 Å². The minimum absolute atomic E-state index is 0.00361. The van der Waals surface area contributed by atoms with E-state index in [2.05, 4.69) is 13.8 Å². The summed E-state index contributed by atoms with van der Waals surface area (Å²) in [5, 5.41) is 13.6. The number of Topliss-reactive ketones (excluding diaryl/α,β-unsaturated/α-hetero) is 1. The number of likely N-dealkylation sites (N-methyl/N-ethyl adjacent to an activating group) is 1. The van der Waals surface area contributed by atoms with Crippen molar-refractivity contribution in [3.8, 4) is 11.5 Å². The number of amides is 1. The Morgan fingerprint density at radius 2 is 1.74 bits per heavy atom. The molecule has 182 valence electrons. The van der Waals surface area contributed by atoms with Crippen molar-refractivity contribution in [2.24, 2.45) is 0 Å². The molecule has 2 aromatic rings. The van der Waals surface area contributed by atoms with E-state index in [1.54, 1.807) is 49.6 Å². The van der Waals surface area contributed by atoms with Crippen LogP contribution in [0.25, 0.3) is 5.76 Å². The van der Waals surface area contributed by atoms with Crippen LogP contribution in [0.2, 0.25) is 0 Å². The number of nitrogens with one attached hydrogen (secondary N) is 1. The van der Waals surface area contributed by atoms with E-state index in [1.165, 1.54) is 9.80 Å². The maximum absolute atomic E-state index is 13.6. The summed E-state index contributed by atoms with van der Waals surface area (Å²) in [4.78, 5) is 29.1. The second kappa shape index (κ2) is 11.2. The number of carbonyl (C=O) groups excluding carboxylic acids is 2. The predicted molar refractivity (Wildman–Crippen MR) is 128 cm³/mol. The summed E-state index contributed by atoms with van der Waals surface area (Å²) in [6.45, 7) is 10.9. The lowest BCUT2D eigenvalue weighted by Gasteiger charge is -2.28. The molecule has 0 spiro atoms. The first kappa shape index (κ1) is 25.3. The topological polar surface area (TPSA) is 83.3 Å². The van der Waals surface area contributed by atoms with Crippen molar-refractivity contribution in [3.05, 3.63) is 65.2 Å². The molecule has 0 saturated carbocycles. The second-order valence-corrected chi connectivity index (χ2v) is 8.65. The number of quaternary nitrogens is 1. The highest BCUT2D eigenvalue weighted by Crippen LogP contribution is 2.39. The average molecular weight is 467 g/mol. The van der Waals surface area contributed by atoms with Crippen LogP contribution in [0.15, 0.2) is 54.1 Å². The molecule has 0 aliphatic carbocycles. The fourth-order valence-corrected chi connectivity index (χ4v) is 4.25. The summed E-state index contributed by atoms with van der Waals surface area (Å²) in [5.74, 6) is -0.587. The first-order chi connectivity index (χ1) is 16.3. The number of hydrogen-bond acceptors (Lipinski definition) is 5. The molecule has 7 heteroatoms. The van der Waals surface area contributed by atoms with Crippen molar-refractivity contribution in [1.82, 2.24) is 4.90 Å². The second-order valence-electron chi connectivity index (χ2n) is 8.65. The van der Waals surface area contributed by atoms with E-state index in [0.29, 0.717) is 35.7 Å². The molecule has 1 N–H and O–H groups in total. The summed E-state index contributed by atoms with van der Waals surface area (Å²) < 4.78 is 11.0. The standard InChI is InChI=1S/C27H34N2O5/c1-6-28(7-2)15-16-29-24(20-9-8-10-22(17-20)33-5)23(26(31)27(29)32)25(30)19-11-13-21(14-12-19)34-18(3)4/h8-14,17-18,24,30H,6-7,15-16H2,1-5H3. The summed E-state index contributed by atoms with van der Waals surface area (Å²) in [7, 11) is 1.56. The lowest BCUT2D eigenvalue weighted by atomic mass is 9.95. The van der Waals surface area contributed by atoms with Crippen LogP contribution in [-0.2, 0) is 9.59 Å². The Morgan fingerprint density at radius 1 is 1.06 bits per heavy atom. The van der Waals surface area contributed by atoms with Crippen molar-refractivity contribution in [3.63, 3.8) is 0 Å². The molecule has 2 aromatic carbocycles. The molecule has 7 nitrogen and oxygen atoms in total. The highest BCUT2D eigenvalue weighted by atomic mass is 16.5. The van der Waals surface area contributed by atoms with E-state index < -0.39 is 23.5 Å². The molecule has 1 amide bonds. The van der Waals surface area contributed by atoms with Gasteiger partial charge < -0.3 is 24.4 Å². The van der Waals surface area contributed by atoms with Crippen molar-refractivity contribution in [1.29, 1.82) is 0 Å². The van der Waals surface area contributed by atoms with Gasteiger partial charge in [0, 0.05) is 5.57 Å². The van der Waals surface area contributed by atoms with Gasteiger partial charge in [-0.15, -0.1) is 0 Å². The maximum Gasteiger partial charge on any atom is 0.295 e. The molecule has 1 aliphatic heterocycles. The van der Waals surface area contributed by atoms with Gasteiger partial charge in [0.15, 0.2) is 0 Å². The Bertz CT molecular complexity index is 1040. The molecular weight excluding hydrogens is 432 g/mol. The zero-order valence-electron chi connectivity index (χ0n) is 20.6. The van der Waals surface area contributed by atoms with Crippen molar-refractivity contribution in [2.75, 3.05) is 33.3 Å². The van der Waals surface area contributed by atoms with Crippen LogP contribution in [0.4, 0.5) is 0 Å². The highest BCUT2D eigenvalue weighted by molar-refractivity contribution is 6.46. The normalized spacial score (nSPS) is 17.6. The van der Waals surface area contributed by atoms with E-state index in [0.717, 1.165) is 13.1 Å². The number of rotatable bonds is 10. The zero-order valence-corrected chi connectivity index (χ0v) is 20.6. The van der Waals surface area contributed by atoms with Gasteiger partial charge in [-0.05, 0) is 63.1 Å². The Kier molecular flexibility index (Phi) is 8.34. The van der Waals surface area contributed by atoms with Crippen LogP contribution >= 0.6 is 0 Å². The predicted octanol–water partition coefficient (Wildman–Crippen LogP) is 1.63. The fourth-order valence-electron chi connectivity index (χ4n) is 4.25. The molecule has 1 unspecified atom stereocenters. The molecule has 1 aliphatic rings. The van der Waals surface area contributed by atoms with Gasteiger partial charge in [-0.25, -0.2) is 0 Å². The highest BCUT2D eigenvalue weighted by Gasteiger charge is 2.44. The summed E-state index contributed by atoms with van der Waals surface area (Å²) in [6, 6.07) is 13.1. The number of ether oxygens (including phenoxy) is 2. The molecule has 1 atom stereocenters. The fraction of sp³-hybridized carbons (Fsp3) is 0.407. The molecule has 1 saturated heterocycles. The number of likely N-dealkylation sites (tertiary alicyclic amines) is 1. The Balaban J connectivity index is 2.07. The summed E-state index contributed by atoms with van der Waals surface area (Å²) in [6.07, 6.45) is 0.00361. The van der Waals surface area contributed by atoms with Gasteiger partial charge in [-0.1, -0.05) is 30.0 Å².